The molecular formula is C15H16N6O. The largest absolute Gasteiger partial charge is 0.333 e. The highest BCUT2D eigenvalue weighted by molar-refractivity contribution is 5.54. The second kappa shape index (κ2) is 5.25. The van der Waals surface area contributed by atoms with Crippen molar-refractivity contribution in [3.63, 3.8) is 0 Å². The topological polar surface area (TPSA) is 81.7 Å². The third-order valence-corrected chi connectivity index (χ3v) is 3.75. The van der Waals surface area contributed by atoms with Crippen molar-refractivity contribution in [2.45, 2.75) is 32.4 Å². The molecule has 0 aliphatic carbocycles. The first-order valence-corrected chi connectivity index (χ1v) is 7.34. The van der Waals surface area contributed by atoms with Gasteiger partial charge in [-0.1, -0.05) is 35.5 Å². The number of aromatic nitrogens is 5. The van der Waals surface area contributed by atoms with Crippen molar-refractivity contribution >= 4 is 6.01 Å². The van der Waals surface area contributed by atoms with Gasteiger partial charge in [0.2, 0.25) is 5.82 Å². The predicted molar refractivity (Wildman–Crippen MR) is 80.2 cm³/mol. The van der Waals surface area contributed by atoms with E-state index < -0.39 is 0 Å². The van der Waals surface area contributed by atoms with Gasteiger partial charge < -0.3 is 9.84 Å². The molecule has 1 atom stereocenters. The number of nitrogens with one attached hydrogen (secondary N) is 1. The van der Waals surface area contributed by atoms with Crippen LogP contribution in [0.5, 0.6) is 0 Å². The maximum absolute atomic E-state index is 5.30. The minimum atomic E-state index is 0.220. The van der Waals surface area contributed by atoms with Gasteiger partial charge in [0.25, 0.3) is 0 Å². The van der Waals surface area contributed by atoms with E-state index in [2.05, 4.69) is 25.5 Å². The Labute approximate surface area is 127 Å². The summed E-state index contributed by atoms with van der Waals surface area (Å²) in [5.41, 5.74) is 0.942. The Balaban J connectivity index is 1.47. The van der Waals surface area contributed by atoms with Gasteiger partial charge in [-0.3, -0.25) is 0 Å². The van der Waals surface area contributed by atoms with Crippen LogP contribution < -0.4 is 5.32 Å². The van der Waals surface area contributed by atoms with Crippen LogP contribution in [0, 0.1) is 6.92 Å². The molecule has 1 aliphatic rings. The molecule has 2 aromatic heterocycles. The lowest BCUT2D eigenvalue weighted by Crippen LogP contribution is -2.32. The molecule has 22 heavy (non-hydrogen) atoms. The lowest BCUT2D eigenvalue weighted by Gasteiger charge is -2.22. The molecule has 4 rings (SSSR count). The van der Waals surface area contributed by atoms with E-state index >= 15 is 0 Å². The van der Waals surface area contributed by atoms with Gasteiger partial charge >= 0.3 is 6.01 Å². The van der Waals surface area contributed by atoms with E-state index in [0.717, 1.165) is 36.6 Å². The lowest BCUT2D eigenvalue weighted by molar-refractivity contribution is 0.400. The average Bonchev–Trinajstić information content (AvgIpc) is 3.13. The van der Waals surface area contributed by atoms with E-state index in [-0.39, 0.29) is 6.04 Å². The van der Waals surface area contributed by atoms with Crippen LogP contribution in [0.3, 0.4) is 0 Å². The number of hydrogen-bond donors (Lipinski definition) is 1. The van der Waals surface area contributed by atoms with Crippen LogP contribution in [0.25, 0.3) is 11.4 Å². The summed E-state index contributed by atoms with van der Waals surface area (Å²) in [5.74, 6) is 2.46. The van der Waals surface area contributed by atoms with Gasteiger partial charge in [-0.2, -0.15) is 10.1 Å². The highest BCUT2D eigenvalue weighted by Crippen LogP contribution is 2.20. The van der Waals surface area contributed by atoms with Crippen molar-refractivity contribution in [1.29, 1.82) is 0 Å². The average molecular weight is 296 g/mol. The smallest absolute Gasteiger partial charge is 0.322 e. The van der Waals surface area contributed by atoms with E-state index in [1.807, 2.05) is 41.9 Å². The fourth-order valence-corrected chi connectivity index (χ4v) is 2.71. The fourth-order valence-electron chi connectivity index (χ4n) is 2.71. The quantitative estimate of drug-likeness (QED) is 0.796. The fraction of sp³-hybridized carbons (Fsp3) is 0.333. The second-order valence-electron chi connectivity index (χ2n) is 5.43. The number of rotatable bonds is 3. The third kappa shape index (κ3) is 2.45. The van der Waals surface area contributed by atoms with E-state index in [0.29, 0.717) is 11.8 Å². The van der Waals surface area contributed by atoms with Crippen molar-refractivity contribution in [2.75, 3.05) is 5.32 Å². The molecule has 1 N–H and O–H groups in total. The minimum Gasteiger partial charge on any atom is -0.333 e. The van der Waals surface area contributed by atoms with Crippen LogP contribution in [0.2, 0.25) is 0 Å². The van der Waals surface area contributed by atoms with Gasteiger partial charge in [-0.25, -0.2) is 9.67 Å². The maximum Gasteiger partial charge on any atom is 0.322 e. The predicted octanol–water partition coefficient (Wildman–Crippen LogP) is 2.06. The SMILES string of the molecule is Cc1nc2n(n1)C[C@H](Nc1nc(-c3ccccc3)no1)CC2. The van der Waals surface area contributed by atoms with Crippen LogP contribution >= 0.6 is 0 Å². The van der Waals surface area contributed by atoms with E-state index in [1.165, 1.54) is 0 Å². The molecule has 1 aliphatic heterocycles. The molecule has 112 valence electrons. The highest BCUT2D eigenvalue weighted by Gasteiger charge is 2.22. The molecule has 3 heterocycles. The van der Waals surface area contributed by atoms with Crippen molar-refractivity contribution in [1.82, 2.24) is 24.9 Å². The number of aryl methyl sites for hydroxylation is 2. The molecule has 0 bridgehead atoms. The Bertz CT molecular complexity index is 778. The Morgan fingerprint density at radius 2 is 2.09 bits per heavy atom. The standard InChI is InChI=1S/C15H16N6O/c1-10-16-13-8-7-12(9-21(13)19-10)17-15-18-14(20-22-15)11-5-3-2-4-6-11/h2-6,12H,7-9H2,1H3,(H,17,18,20)/t12-/m1/s1. The summed E-state index contributed by atoms with van der Waals surface area (Å²) in [4.78, 5) is 8.81. The first-order valence-electron chi connectivity index (χ1n) is 7.34. The van der Waals surface area contributed by atoms with E-state index in [4.69, 9.17) is 4.52 Å². The summed E-state index contributed by atoms with van der Waals surface area (Å²) in [6, 6.07) is 10.5. The van der Waals surface area contributed by atoms with Gasteiger partial charge in [0.1, 0.15) is 11.6 Å². The van der Waals surface area contributed by atoms with Crippen LogP contribution in [0.15, 0.2) is 34.9 Å². The Kier molecular flexibility index (Phi) is 3.10. The third-order valence-electron chi connectivity index (χ3n) is 3.75. The maximum atomic E-state index is 5.30. The van der Waals surface area contributed by atoms with Gasteiger partial charge in [0.05, 0.1) is 12.6 Å². The van der Waals surface area contributed by atoms with Crippen LogP contribution in [-0.4, -0.2) is 30.9 Å². The van der Waals surface area contributed by atoms with Crippen molar-refractivity contribution in [2.24, 2.45) is 0 Å². The Morgan fingerprint density at radius 1 is 1.23 bits per heavy atom. The molecule has 7 heteroatoms. The summed E-state index contributed by atoms with van der Waals surface area (Å²) in [5, 5.41) is 11.7. The minimum absolute atomic E-state index is 0.220. The molecule has 0 saturated heterocycles. The number of anilines is 1. The summed E-state index contributed by atoms with van der Waals surface area (Å²) in [6.07, 6.45) is 1.87. The normalized spacial score (nSPS) is 17.2. The monoisotopic (exact) mass is 296 g/mol. The summed E-state index contributed by atoms with van der Waals surface area (Å²) >= 11 is 0. The van der Waals surface area contributed by atoms with Gasteiger partial charge in [-0.15, -0.1) is 0 Å². The molecule has 0 amide bonds. The Hall–Kier alpha value is -2.70. The molecular weight excluding hydrogens is 280 g/mol. The lowest BCUT2D eigenvalue weighted by atomic mass is 10.1. The van der Waals surface area contributed by atoms with E-state index in [1.54, 1.807) is 0 Å². The van der Waals surface area contributed by atoms with Gasteiger partial charge in [-0.05, 0) is 13.3 Å². The first-order chi connectivity index (χ1) is 10.8. The molecule has 0 radical (unpaired) electrons. The summed E-state index contributed by atoms with van der Waals surface area (Å²) in [6.45, 7) is 2.68. The van der Waals surface area contributed by atoms with E-state index in [9.17, 15) is 0 Å². The van der Waals surface area contributed by atoms with Gasteiger partial charge in [0.15, 0.2) is 0 Å². The Morgan fingerprint density at radius 3 is 2.95 bits per heavy atom. The molecule has 0 saturated carbocycles. The zero-order valence-electron chi connectivity index (χ0n) is 12.2. The molecule has 7 nitrogen and oxygen atoms in total. The number of fused-ring (bicyclic) bond motifs is 1. The van der Waals surface area contributed by atoms with Crippen molar-refractivity contribution in [3.8, 4) is 11.4 Å². The van der Waals surface area contributed by atoms with Crippen LogP contribution in [-0.2, 0) is 13.0 Å². The summed E-state index contributed by atoms with van der Waals surface area (Å²) < 4.78 is 7.25. The van der Waals surface area contributed by atoms with Crippen molar-refractivity contribution < 1.29 is 4.52 Å². The second-order valence-corrected chi connectivity index (χ2v) is 5.43. The highest BCUT2D eigenvalue weighted by atomic mass is 16.5. The molecule has 3 aromatic rings. The molecule has 0 spiro atoms. The number of benzene rings is 1. The number of nitrogens with zero attached hydrogens (tertiary/aromatic N) is 5. The van der Waals surface area contributed by atoms with Crippen molar-refractivity contribution in [3.05, 3.63) is 42.0 Å². The summed E-state index contributed by atoms with van der Waals surface area (Å²) in [7, 11) is 0. The number of hydrogen-bond acceptors (Lipinski definition) is 6. The first kappa shape index (κ1) is 13.0. The molecule has 0 fully saturated rings. The zero-order chi connectivity index (χ0) is 14.9. The molecule has 1 aromatic carbocycles. The molecule has 0 unspecified atom stereocenters. The zero-order valence-corrected chi connectivity index (χ0v) is 12.2. The van der Waals surface area contributed by atoms with Crippen LogP contribution in [0.4, 0.5) is 6.01 Å². The van der Waals surface area contributed by atoms with Crippen LogP contribution in [0.1, 0.15) is 18.1 Å². The van der Waals surface area contributed by atoms with Gasteiger partial charge in [0, 0.05) is 12.0 Å².